The molecule has 5 nitrogen and oxygen atoms in total. The summed E-state index contributed by atoms with van der Waals surface area (Å²) in [6, 6.07) is 56.4. The van der Waals surface area contributed by atoms with Crippen LogP contribution in [-0.4, -0.2) is 16.2 Å². The van der Waals surface area contributed by atoms with Gasteiger partial charge in [0.15, 0.2) is 0 Å². The zero-order chi connectivity index (χ0) is 41.8. The lowest BCUT2D eigenvalue weighted by molar-refractivity contribution is 0.481. The van der Waals surface area contributed by atoms with Crippen LogP contribution >= 0.6 is 0 Å². The summed E-state index contributed by atoms with van der Waals surface area (Å²) in [5, 5.41) is 2.35. The number of pyridine rings is 1. The van der Waals surface area contributed by atoms with Gasteiger partial charge in [-0.1, -0.05) is 146 Å². The number of benzene rings is 6. The van der Waals surface area contributed by atoms with Crippen LogP contribution in [0.2, 0.25) is 0 Å². The molecular weight excluding hydrogens is 733 g/mol. The molecule has 0 saturated carbocycles. The molecule has 60 heavy (non-hydrogen) atoms. The van der Waals surface area contributed by atoms with Gasteiger partial charge in [0, 0.05) is 63.2 Å². The molecule has 0 aliphatic carbocycles. The van der Waals surface area contributed by atoms with Crippen molar-refractivity contribution in [2.75, 3.05) is 16.5 Å². The fraction of sp³-hybridized carbons (Fsp3) is 0.218. The van der Waals surface area contributed by atoms with Gasteiger partial charge in [-0.05, 0) is 87.8 Å². The molecule has 0 bridgehead atoms. The Bertz CT molecular complexity index is 2860. The molecular formula is C55H54N4O. The van der Waals surface area contributed by atoms with E-state index in [0.717, 1.165) is 56.2 Å². The third kappa shape index (κ3) is 7.34. The number of nitrogens with zero attached hydrogens (tertiary/aromatic N) is 4. The molecule has 300 valence electrons. The van der Waals surface area contributed by atoms with Crippen molar-refractivity contribution in [1.29, 1.82) is 0 Å². The highest BCUT2D eigenvalue weighted by Gasteiger charge is 2.32. The zero-order valence-corrected chi connectivity index (χ0v) is 36.1. The highest BCUT2D eigenvalue weighted by molar-refractivity contribution is 6.09. The second-order valence-corrected chi connectivity index (χ2v) is 18.7. The monoisotopic (exact) mass is 786 g/mol. The topological polar surface area (TPSA) is 33.5 Å². The first kappa shape index (κ1) is 38.9. The Labute approximate surface area is 355 Å². The summed E-state index contributed by atoms with van der Waals surface area (Å²) >= 11 is 0. The van der Waals surface area contributed by atoms with E-state index in [0.29, 0.717) is 6.67 Å². The van der Waals surface area contributed by atoms with Crippen molar-refractivity contribution in [3.05, 3.63) is 193 Å². The van der Waals surface area contributed by atoms with E-state index in [1.807, 2.05) is 6.20 Å². The summed E-state index contributed by atoms with van der Waals surface area (Å²) in [5.41, 5.74) is 11.5. The van der Waals surface area contributed by atoms with Crippen molar-refractivity contribution in [3.63, 3.8) is 0 Å². The number of anilines is 2. The van der Waals surface area contributed by atoms with Gasteiger partial charge in [0.25, 0.3) is 0 Å². The van der Waals surface area contributed by atoms with Gasteiger partial charge in [0.2, 0.25) is 0 Å². The quantitative estimate of drug-likeness (QED) is 0.154. The van der Waals surface area contributed by atoms with E-state index in [1.165, 1.54) is 27.8 Å². The third-order valence-corrected chi connectivity index (χ3v) is 12.1. The van der Waals surface area contributed by atoms with Crippen molar-refractivity contribution in [3.8, 4) is 28.4 Å². The lowest BCUT2D eigenvalue weighted by atomic mass is 9.78. The first-order valence-electron chi connectivity index (χ1n) is 21.1. The van der Waals surface area contributed by atoms with Crippen molar-refractivity contribution >= 4 is 33.2 Å². The molecule has 8 aromatic rings. The maximum atomic E-state index is 6.93. The maximum Gasteiger partial charge on any atom is 0.137 e. The van der Waals surface area contributed by atoms with E-state index in [9.17, 15) is 0 Å². The predicted octanol–water partition coefficient (Wildman–Crippen LogP) is 14.4. The molecule has 0 unspecified atom stereocenters. The molecule has 0 saturated heterocycles. The van der Waals surface area contributed by atoms with Gasteiger partial charge in [0.05, 0.1) is 17.7 Å². The van der Waals surface area contributed by atoms with E-state index in [-0.39, 0.29) is 16.2 Å². The molecule has 1 aliphatic rings. The molecule has 0 amide bonds. The minimum atomic E-state index is -0.120. The van der Waals surface area contributed by atoms with Crippen molar-refractivity contribution in [2.24, 2.45) is 5.41 Å². The zero-order valence-electron chi connectivity index (χ0n) is 36.1. The summed E-state index contributed by atoms with van der Waals surface area (Å²) in [4.78, 5) is 9.71. The van der Waals surface area contributed by atoms with E-state index in [1.54, 1.807) is 0 Å². The molecule has 1 aliphatic heterocycles. The molecule has 0 radical (unpaired) electrons. The smallest absolute Gasteiger partial charge is 0.137 e. The molecule has 0 atom stereocenters. The van der Waals surface area contributed by atoms with Gasteiger partial charge in [-0.2, -0.15) is 0 Å². The molecule has 0 N–H and O–H groups in total. The number of hydrogen-bond acceptors (Lipinski definition) is 4. The Kier molecular flexibility index (Phi) is 9.66. The Morgan fingerprint density at radius 1 is 0.500 bits per heavy atom. The number of fused-ring (bicyclic) bond motifs is 3. The normalized spacial score (nSPS) is 13.6. The van der Waals surface area contributed by atoms with Gasteiger partial charge in [-0.15, -0.1) is 0 Å². The number of aromatic nitrogens is 2. The van der Waals surface area contributed by atoms with Gasteiger partial charge < -0.3 is 14.5 Å². The second-order valence-electron chi connectivity index (χ2n) is 18.7. The lowest BCUT2D eigenvalue weighted by Gasteiger charge is -2.31. The molecule has 0 spiro atoms. The summed E-state index contributed by atoms with van der Waals surface area (Å²) in [6.07, 6.45) is 4.25. The highest BCUT2D eigenvalue weighted by Crippen LogP contribution is 2.43. The molecule has 2 aromatic heterocycles. The van der Waals surface area contributed by atoms with Crippen LogP contribution in [0.15, 0.2) is 176 Å². The number of ether oxygens (including phenoxy) is 1. The fourth-order valence-electron chi connectivity index (χ4n) is 8.55. The van der Waals surface area contributed by atoms with E-state index < -0.39 is 0 Å². The van der Waals surface area contributed by atoms with Crippen LogP contribution in [-0.2, 0) is 10.8 Å². The van der Waals surface area contributed by atoms with Gasteiger partial charge in [0.1, 0.15) is 17.3 Å². The molecule has 0 fully saturated rings. The minimum Gasteiger partial charge on any atom is -0.457 e. The largest absolute Gasteiger partial charge is 0.457 e. The summed E-state index contributed by atoms with van der Waals surface area (Å²) in [7, 11) is 0. The van der Waals surface area contributed by atoms with Crippen molar-refractivity contribution < 1.29 is 4.74 Å². The highest BCUT2D eigenvalue weighted by atomic mass is 16.5. The Hall–Kier alpha value is -6.59. The van der Waals surface area contributed by atoms with Crippen LogP contribution in [0.4, 0.5) is 11.4 Å². The van der Waals surface area contributed by atoms with E-state index in [2.05, 4.69) is 234 Å². The molecule has 9 rings (SSSR count). The molecule has 6 aromatic carbocycles. The average Bonchev–Trinajstić information content (AvgIpc) is 3.85. The van der Waals surface area contributed by atoms with Crippen LogP contribution in [0.5, 0.6) is 11.5 Å². The number of allylic oxidation sites excluding steroid dienone is 1. The van der Waals surface area contributed by atoms with Gasteiger partial charge in [-0.25, -0.2) is 4.98 Å². The van der Waals surface area contributed by atoms with Crippen LogP contribution in [0.1, 0.15) is 72.1 Å². The first-order valence-corrected chi connectivity index (χ1v) is 21.1. The van der Waals surface area contributed by atoms with Crippen LogP contribution in [0.25, 0.3) is 38.8 Å². The number of rotatable bonds is 8. The van der Waals surface area contributed by atoms with Gasteiger partial charge >= 0.3 is 0 Å². The lowest BCUT2D eigenvalue weighted by Crippen LogP contribution is -2.30. The fourth-order valence-corrected chi connectivity index (χ4v) is 8.55. The number of hydrogen-bond donors (Lipinski definition) is 0. The molecule has 5 heteroatoms. The van der Waals surface area contributed by atoms with E-state index >= 15 is 0 Å². The van der Waals surface area contributed by atoms with Gasteiger partial charge in [-0.3, -0.25) is 4.57 Å². The summed E-state index contributed by atoms with van der Waals surface area (Å²) in [5.74, 6) is 2.44. The van der Waals surface area contributed by atoms with Crippen molar-refractivity contribution in [2.45, 2.75) is 66.2 Å². The SMILES string of the molecule is CC(C)(C)C1=CN(c2ccc(C(C)(C)c3ccccc3)cc2)CN1c1cc(Oc2ccc3c4ccccc4n(-c4cc(C(C)(C)C)ccn4)c3c2)cc(-c2ccccc2)c1. The summed E-state index contributed by atoms with van der Waals surface area (Å²) < 4.78 is 9.20. The average molecular weight is 787 g/mol. The number of para-hydroxylation sites is 1. The third-order valence-electron chi connectivity index (χ3n) is 12.1. The standard InChI is InChI=1S/C55H54N4O/c1-53(2,3)42-29-30-56-52(33-42)59-49-22-16-15-21-47(49)48-28-27-45(35-50(48)59)60-46-32-39(38-17-11-9-12-18-38)31-44(34-46)58-37-57(36-51(58)54(4,5)6)43-25-23-41(24-26-43)55(7,8)40-19-13-10-14-20-40/h9-36H,37H2,1-8H3. The Morgan fingerprint density at radius 3 is 1.88 bits per heavy atom. The Morgan fingerprint density at radius 2 is 1.17 bits per heavy atom. The van der Waals surface area contributed by atoms with E-state index in [4.69, 9.17) is 9.72 Å². The van der Waals surface area contributed by atoms with Crippen LogP contribution < -0.4 is 14.5 Å². The second kappa shape index (κ2) is 14.9. The maximum absolute atomic E-state index is 6.93. The Balaban J connectivity index is 1.10. The minimum absolute atomic E-state index is 0.00896. The van der Waals surface area contributed by atoms with Crippen molar-refractivity contribution in [1.82, 2.24) is 9.55 Å². The predicted molar refractivity (Wildman–Crippen MR) is 252 cm³/mol. The van der Waals surface area contributed by atoms with Crippen LogP contribution in [0, 0.1) is 5.41 Å². The van der Waals surface area contributed by atoms with Crippen LogP contribution in [0.3, 0.4) is 0 Å². The molecule has 3 heterocycles. The first-order chi connectivity index (χ1) is 28.7. The summed E-state index contributed by atoms with van der Waals surface area (Å²) in [6.45, 7) is 18.9.